The summed E-state index contributed by atoms with van der Waals surface area (Å²) >= 11 is 0. The quantitative estimate of drug-likeness (QED) is 0.139. The van der Waals surface area contributed by atoms with Gasteiger partial charge in [-0.05, 0) is 128 Å². The molecule has 0 spiro atoms. The van der Waals surface area contributed by atoms with Crippen molar-refractivity contribution < 1.29 is 69.9 Å². The van der Waals surface area contributed by atoms with Crippen LogP contribution in [-0.4, -0.2) is 86.0 Å². The summed E-state index contributed by atoms with van der Waals surface area (Å²) in [6.07, 6.45) is 4.43. The molecule has 8 nitrogen and oxygen atoms in total. The second-order valence-corrected chi connectivity index (χ2v) is 19.9. The summed E-state index contributed by atoms with van der Waals surface area (Å²) in [5, 5.41) is 29.7. The Hall–Kier alpha value is -1.71. The van der Waals surface area contributed by atoms with Crippen molar-refractivity contribution in [2.75, 3.05) is 6.61 Å². The Balaban J connectivity index is 0.000000277. The zero-order valence-electron chi connectivity index (χ0n) is 37.0. The first-order valence-corrected chi connectivity index (χ1v) is 21.0. The normalized spacial score (nSPS) is 33.6. The lowest BCUT2D eigenvalue weighted by Crippen LogP contribution is -2.60. The van der Waals surface area contributed by atoms with Crippen LogP contribution in [0.25, 0.3) is 0 Å². The van der Waals surface area contributed by atoms with E-state index in [1.165, 1.54) is 6.42 Å². The summed E-state index contributed by atoms with van der Waals surface area (Å²) in [5.74, 6) is -5.03. The van der Waals surface area contributed by atoms with Crippen LogP contribution in [0, 0.1) is 47.3 Å². The van der Waals surface area contributed by atoms with Gasteiger partial charge in [-0.2, -0.15) is 13.2 Å². The van der Waals surface area contributed by atoms with Crippen molar-refractivity contribution in [1.29, 1.82) is 0 Å². The molecule has 6 aliphatic carbocycles. The lowest BCUT2D eigenvalue weighted by molar-refractivity contribution is -0.272. The van der Waals surface area contributed by atoms with Crippen molar-refractivity contribution in [2.45, 2.75) is 206 Å². The minimum Gasteiger partial charge on any atom is -0.459 e. The molecule has 58 heavy (non-hydrogen) atoms. The number of rotatable bonds is 11. The van der Waals surface area contributed by atoms with E-state index in [9.17, 15) is 55.6 Å². The summed E-state index contributed by atoms with van der Waals surface area (Å²) in [4.78, 5) is 23.6. The first kappa shape index (κ1) is 52.4. The van der Waals surface area contributed by atoms with Crippen LogP contribution in [0.1, 0.15) is 154 Å². The average molecular weight is 851 g/mol. The monoisotopic (exact) mass is 851 g/mol. The van der Waals surface area contributed by atoms with Gasteiger partial charge >= 0.3 is 30.0 Å². The Morgan fingerprint density at radius 2 is 1.19 bits per heavy atom. The molecule has 15 heteroatoms. The topological polar surface area (TPSA) is 123 Å². The van der Waals surface area contributed by atoms with Crippen LogP contribution in [-0.2, 0) is 23.8 Å². The predicted molar refractivity (Wildman–Crippen MR) is 206 cm³/mol. The van der Waals surface area contributed by atoms with E-state index in [1.807, 2.05) is 27.7 Å². The number of hydrogen-bond donors (Lipinski definition) is 3. The molecule has 10 unspecified atom stereocenters. The second-order valence-electron chi connectivity index (χ2n) is 19.9. The van der Waals surface area contributed by atoms with Crippen LogP contribution < -0.4 is 0 Å². The van der Waals surface area contributed by atoms with Crippen LogP contribution in [0.5, 0.6) is 0 Å². The molecule has 3 N–H and O–H groups in total. The maximum Gasteiger partial charge on any atom is 0.419 e. The molecule has 6 saturated carbocycles. The van der Waals surface area contributed by atoms with Gasteiger partial charge in [0, 0.05) is 20.3 Å². The minimum absolute atomic E-state index is 0.0207. The van der Waals surface area contributed by atoms with Gasteiger partial charge in [0.2, 0.25) is 0 Å². The van der Waals surface area contributed by atoms with Crippen molar-refractivity contribution in [3.63, 3.8) is 0 Å². The lowest BCUT2D eigenvalue weighted by Gasteiger charge is -2.59. The van der Waals surface area contributed by atoms with Gasteiger partial charge < -0.3 is 29.5 Å². The van der Waals surface area contributed by atoms with Gasteiger partial charge in [0.15, 0.2) is 5.60 Å². The molecule has 0 amide bonds. The van der Waals surface area contributed by atoms with Crippen LogP contribution in [0.4, 0.5) is 30.7 Å². The number of fused-ring (bicyclic) bond motifs is 2. The molecular formula is C43H73F7O8. The van der Waals surface area contributed by atoms with Gasteiger partial charge in [-0.1, -0.05) is 41.5 Å². The van der Waals surface area contributed by atoms with E-state index in [-0.39, 0.29) is 49.3 Å². The summed E-state index contributed by atoms with van der Waals surface area (Å²) in [5.41, 5.74) is -5.51. The maximum absolute atomic E-state index is 12.5. The Morgan fingerprint density at radius 1 is 0.724 bits per heavy atom. The highest BCUT2D eigenvalue weighted by atomic mass is 19.4. The molecule has 0 aliphatic heterocycles. The summed E-state index contributed by atoms with van der Waals surface area (Å²) in [6.45, 7) is 19.2. The van der Waals surface area contributed by atoms with Crippen molar-refractivity contribution >= 4 is 11.9 Å². The molecule has 0 saturated heterocycles. The van der Waals surface area contributed by atoms with Gasteiger partial charge in [0.05, 0.1) is 35.7 Å². The molecule has 0 radical (unpaired) electrons. The number of alkyl halides is 7. The Kier molecular flexibility index (Phi) is 16.9. The third-order valence-corrected chi connectivity index (χ3v) is 13.9. The molecule has 342 valence electrons. The van der Waals surface area contributed by atoms with E-state index in [0.717, 1.165) is 58.3 Å². The number of esters is 2. The predicted octanol–water partition coefficient (Wildman–Crippen LogP) is 10.1. The fourth-order valence-electron chi connectivity index (χ4n) is 8.79. The van der Waals surface area contributed by atoms with E-state index in [4.69, 9.17) is 14.2 Å². The largest absolute Gasteiger partial charge is 0.459 e. The Labute approximate surface area is 341 Å². The van der Waals surface area contributed by atoms with E-state index < -0.39 is 47.0 Å². The lowest BCUT2D eigenvalue weighted by atomic mass is 9.52. The van der Waals surface area contributed by atoms with Gasteiger partial charge in [-0.15, -0.1) is 0 Å². The summed E-state index contributed by atoms with van der Waals surface area (Å²) in [6, 6.07) is 0. The van der Waals surface area contributed by atoms with Crippen molar-refractivity contribution in [3.8, 4) is 0 Å². The number of hydrogen-bond acceptors (Lipinski definition) is 8. The molecule has 0 aromatic carbocycles. The summed E-state index contributed by atoms with van der Waals surface area (Å²) in [7, 11) is 0. The van der Waals surface area contributed by atoms with Crippen LogP contribution in [0.3, 0.4) is 0 Å². The third-order valence-electron chi connectivity index (χ3n) is 13.9. The molecule has 0 aromatic heterocycles. The Bertz CT molecular complexity index is 1320. The highest BCUT2D eigenvalue weighted by Crippen LogP contribution is 2.59. The minimum atomic E-state index is -4.64. The zero-order chi connectivity index (χ0) is 45.3. The van der Waals surface area contributed by atoms with Gasteiger partial charge in [0.25, 0.3) is 0 Å². The SMILES string of the molecule is CC(F)(F)C(C)(F)F.CC1C2CC(OCC(C)(O)C(F)(F)F)C(C2)C1C.CCC(C)C(=O)OC(C)(C)C(C)(C)O.CCC(C)C(=O)OC12CC3CC(CC(O)(C3)C1)C2. The van der Waals surface area contributed by atoms with Crippen LogP contribution >= 0.6 is 0 Å². The van der Waals surface area contributed by atoms with Crippen LogP contribution in [0.15, 0.2) is 0 Å². The standard InChI is InChI=1S/C15H24O3.C13H21F3O2.C11H22O3.C4H6F4/c1-3-10(2)13(16)18-15-7-11-4-12(8-15)6-14(17,5-11)9-15;1-7-8(2)10-4-9(7)5-11(10)18-6-12(3,17)13(14,15)16;1-7-8(2)9(12)14-11(5,6)10(3,4)13;1-3(5,6)4(2,7)8/h10-12,17H,3-9H2,1-2H3;7-11,17H,4-6H2,1-3H3;8,13H,7H2,1-6H3;1-2H3. The fourth-order valence-corrected chi connectivity index (χ4v) is 8.79. The summed E-state index contributed by atoms with van der Waals surface area (Å²) < 4.78 is 99.9. The van der Waals surface area contributed by atoms with E-state index in [1.54, 1.807) is 27.7 Å². The van der Waals surface area contributed by atoms with Gasteiger partial charge in [0.1, 0.15) is 11.2 Å². The zero-order valence-corrected chi connectivity index (χ0v) is 37.0. The second kappa shape index (κ2) is 18.7. The average Bonchev–Trinajstić information content (AvgIpc) is 3.58. The first-order valence-electron chi connectivity index (χ1n) is 21.0. The molecular weight excluding hydrogens is 777 g/mol. The molecule has 6 bridgehead atoms. The highest BCUT2D eigenvalue weighted by Gasteiger charge is 2.59. The molecule has 6 rings (SSSR count). The van der Waals surface area contributed by atoms with Gasteiger partial charge in [-0.25, -0.2) is 17.6 Å². The van der Waals surface area contributed by atoms with Crippen molar-refractivity contribution in [2.24, 2.45) is 47.3 Å². The van der Waals surface area contributed by atoms with E-state index in [2.05, 4.69) is 13.8 Å². The van der Waals surface area contributed by atoms with Crippen molar-refractivity contribution in [3.05, 3.63) is 0 Å². The number of aliphatic hydroxyl groups is 3. The fraction of sp³-hybridized carbons (Fsp3) is 0.953. The number of carbonyl (C=O) groups excluding carboxylic acids is 2. The van der Waals surface area contributed by atoms with E-state index >= 15 is 0 Å². The third kappa shape index (κ3) is 13.4. The van der Waals surface area contributed by atoms with Gasteiger partial charge in [-0.3, -0.25) is 9.59 Å². The van der Waals surface area contributed by atoms with Crippen molar-refractivity contribution in [1.82, 2.24) is 0 Å². The smallest absolute Gasteiger partial charge is 0.419 e. The molecule has 6 aliphatic rings. The molecule has 0 aromatic rings. The molecule has 6 fully saturated rings. The molecule has 10 atom stereocenters. The molecule has 0 heterocycles. The van der Waals surface area contributed by atoms with Crippen LogP contribution in [0.2, 0.25) is 0 Å². The number of halogens is 7. The number of carbonyl (C=O) groups is 2. The number of ether oxygens (including phenoxy) is 3. The Morgan fingerprint density at radius 3 is 1.55 bits per heavy atom. The van der Waals surface area contributed by atoms with E-state index in [0.29, 0.717) is 41.9 Å². The highest BCUT2D eigenvalue weighted by molar-refractivity contribution is 5.73. The first-order chi connectivity index (χ1) is 25.9. The maximum atomic E-state index is 12.5.